The highest BCUT2D eigenvalue weighted by Crippen LogP contribution is 2.09. The van der Waals surface area contributed by atoms with Gasteiger partial charge in [0.2, 0.25) is 0 Å². The number of carbonyl (C=O) groups excluding carboxylic acids is 1. The lowest BCUT2D eigenvalue weighted by Crippen LogP contribution is -2.38. The molecule has 6 N–H and O–H groups in total. The number of amidine groups is 1. The lowest BCUT2D eigenvalue weighted by Gasteiger charge is -2.20. The zero-order valence-electron chi connectivity index (χ0n) is 15.1. The van der Waals surface area contributed by atoms with E-state index in [-0.39, 0.29) is 29.1 Å². The molecule has 0 spiro atoms. The van der Waals surface area contributed by atoms with Crippen molar-refractivity contribution in [2.75, 3.05) is 20.1 Å². The molecule has 1 amide bonds. The van der Waals surface area contributed by atoms with Crippen molar-refractivity contribution in [1.29, 1.82) is 10.7 Å². The number of nitrogens with one attached hydrogen (secondary N) is 4. The van der Waals surface area contributed by atoms with Gasteiger partial charge in [0.25, 0.3) is 5.91 Å². The average Bonchev–Trinajstić information content (AvgIpc) is 2.95. The normalized spacial score (nSPS) is 18.1. The monoisotopic (exact) mass is 369 g/mol. The second kappa shape index (κ2) is 9.98. The molecular formula is C17H23N9O. The van der Waals surface area contributed by atoms with Crippen molar-refractivity contribution in [2.24, 2.45) is 10.7 Å². The lowest BCUT2D eigenvalue weighted by molar-refractivity contribution is -0.114. The maximum Gasteiger partial charge on any atom is 0.271 e. The maximum absolute atomic E-state index is 11.9. The minimum atomic E-state index is -0.522. The molecule has 0 radical (unpaired) electrons. The van der Waals surface area contributed by atoms with Crippen LogP contribution in [0.4, 0.5) is 5.82 Å². The molecule has 1 aromatic rings. The molecule has 27 heavy (non-hydrogen) atoms. The van der Waals surface area contributed by atoms with E-state index in [1.165, 1.54) is 25.5 Å². The lowest BCUT2D eigenvalue weighted by atomic mass is 10.1. The highest BCUT2D eigenvalue weighted by Gasteiger charge is 2.19. The Labute approximate surface area is 157 Å². The van der Waals surface area contributed by atoms with Gasteiger partial charge in [-0.15, -0.1) is 0 Å². The quantitative estimate of drug-likeness (QED) is 0.340. The number of nitriles is 1. The first-order valence-corrected chi connectivity index (χ1v) is 8.59. The van der Waals surface area contributed by atoms with Crippen molar-refractivity contribution in [3.63, 3.8) is 0 Å². The van der Waals surface area contributed by atoms with E-state index in [1.54, 1.807) is 0 Å². The summed E-state index contributed by atoms with van der Waals surface area (Å²) in [4.78, 5) is 23.9. The molecule has 1 aliphatic rings. The van der Waals surface area contributed by atoms with Crippen LogP contribution in [0.25, 0.3) is 0 Å². The third kappa shape index (κ3) is 6.16. The molecule has 10 heteroatoms. The van der Waals surface area contributed by atoms with Gasteiger partial charge in [0.1, 0.15) is 17.6 Å². The van der Waals surface area contributed by atoms with Crippen molar-refractivity contribution in [1.82, 2.24) is 25.9 Å². The molecule has 1 aliphatic heterocycles. The zero-order chi connectivity index (χ0) is 19.6. The third-order valence-electron chi connectivity index (χ3n) is 3.95. The fourth-order valence-corrected chi connectivity index (χ4v) is 2.57. The van der Waals surface area contributed by atoms with Gasteiger partial charge in [-0.2, -0.15) is 5.26 Å². The van der Waals surface area contributed by atoms with Crippen LogP contribution in [0.1, 0.15) is 25.0 Å². The summed E-state index contributed by atoms with van der Waals surface area (Å²) in [5.41, 5.74) is 6.20. The summed E-state index contributed by atoms with van der Waals surface area (Å²) in [6, 6.07) is 2.00. The van der Waals surface area contributed by atoms with Crippen LogP contribution in [-0.2, 0) is 4.79 Å². The number of hydrogen-bond acceptors (Lipinski definition) is 8. The van der Waals surface area contributed by atoms with Gasteiger partial charge in [-0.1, -0.05) is 0 Å². The van der Waals surface area contributed by atoms with E-state index in [0.717, 1.165) is 32.4 Å². The molecule has 2 rings (SSSR count). The first kappa shape index (κ1) is 20.0. The van der Waals surface area contributed by atoms with Gasteiger partial charge < -0.3 is 21.7 Å². The van der Waals surface area contributed by atoms with Crippen LogP contribution in [0, 0.1) is 16.7 Å². The van der Waals surface area contributed by atoms with E-state index in [0.29, 0.717) is 5.70 Å². The topological polar surface area (TPSA) is 165 Å². The number of aliphatic imine (C=N–C) groups is 1. The van der Waals surface area contributed by atoms with E-state index in [2.05, 4.69) is 30.9 Å². The van der Waals surface area contributed by atoms with Crippen molar-refractivity contribution in [2.45, 2.75) is 25.3 Å². The van der Waals surface area contributed by atoms with Gasteiger partial charge in [0, 0.05) is 19.2 Å². The molecule has 0 aromatic carbocycles. The Kier molecular flexibility index (Phi) is 7.39. The molecule has 10 nitrogen and oxygen atoms in total. The molecule has 2 heterocycles. The van der Waals surface area contributed by atoms with Crippen molar-refractivity contribution >= 4 is 23.3 Å². The molecule has 0 saturated carbocycles. The molecule has 1 saturated heterocycles. The van der Waals surface area contributed by atoms with E-state index >= 15 is 0 Å². The molecule has 1 unspecified atom stereocenters. The summed E-state index contributed by atoms with van der Waals surface area (Å²) in [6.45, 7) is 1.81. The Hall–Kier alpha value is -3.32. The summed E-state index contributed by atoms with van der Waals surface area (Å²) in [6.07, 6.45) is 6.85. The third-order valence-corrected chi connectivity index (χ3v) is 3.95. The van der Waals surface area contributed by atoms with Gasteiger partial charge in [0.05, 0.1) is 18.1 Å². The predicted octanol–water partition coefficient (Wildman–Crippen LogP) is -0.282. The van der Waals surface area contributed by atoms with Gasteiger partial charge in [-0.05, 0) is 32.4 Å². The SMILES string of the molecule is CNC(=O)C(=N)/C(=C\C(N)=Nc1cnc(C#N)cn1)NC1CCCNCC1. The summed E-state index contributed by atoms with van der Waals surface area (Å²) in [5, 5.41) is 25.9. The number of nitrogens with zero attached hydrogens (tertiary/aromatic N) is 4. The second-order valence-corrected chi connectivity index (χ2v) is 5.94. The van der Waals surface area contributed by atoms with E-state index in [4.69, 9.17) is 16.4 Å². The number of carbonyl (C=O) groups is 1. The number of amides is 1. The predicted molar refractivity (Wildman–Crippen MR) is 102 cm³/mol. The van der Waals surface area contributed by atoms with Crippen LogP contribution >= 0.6 is 0 Å². The van der Waals surface area contributed by atoms with E-state index < -0.39 is 5.91 Å². The smallest absolute Gasteiger partial charge is 0.271 e. The molecule has 1 atom stereocenters. The molecule has 142 valence electrons. The standard InChI is InChI=1S/C17H23N9O/c1-21-17(27)16(20)13(25-11-3-2-5-22-6-4-11)7-14(19)26-15-10-23-12(8-18)9-24-15/h7,9-11,20,22,25H,2-6H2,1H3,(H,21,27)(H2,19,24,26)/b13-7+,20-16?. The molecule has 1 aromatic heterocycles. The van der Waals surface area contributed by atoms with Crippen LogP contribution in [0.5, 0.6) is 0 Å². The first-order valence-electron chi connectivity index (χ1n) is 8.59. The van der Waals surface area contributed by atoms with Crippen LogP contribution in [0.3, 0.4) is 0 Å². The van der Waals surface area contributed by atoms with Crippen LogP contribution in [-0.4, -0.2) is 53.6 Å². The Morgan fingerprint density at radius 2 is 2.26 bits per heavy atom. The van der Waals surface area contributed by atoms with E-state index in [1.807, 2.05) is 6.07 Å². The van der Waals surface area contributed by atoms with Gasteiger partial charge >= 0.3 is 0 Å². The number of rotatable bonds is 6. The highest BCUT2D eigenvalue weighted by molar-refractivity contribution is 6.44. The number of aromatic nitrogens is 2. The Bertz CT molecular complexity index is 769. The minimum absolute atomic E-state index is 0.0666. The Balaban J connectivity index is 2.23. The van der Waals surface area contributed by atoms with Gasteiger partial charge in [-0.25, -0.2) is 15.0 Å². The van der Waals surface area contributed by atoms with Gasteiger partial charge in [0.15, 0.2) is 11.5 Å². The van der Waals surface area contributed by atoms with Crippen LogP contribution in [0.2, 0.25) is 0 Å². The second-order valence-electron chi connectivity index (χ2n) is 5.94. The highest BCUT2D eigenvalue weighted by atomic mass is 16.1. The summed E-state index contributed by atoms with van der Waals surface area (Å²) >= 11 is 0. The van der Waals surface area contributed by atoms with Crippen LogP contribution < -0.4 is 21.7 Å². The largest absolute Gasteiger partial charge is 0.384 e. The molecule has 0 aliphatic carbocycles. The Morgan fingerprint density at radius 3 is 2.93 bits per heavy atom. The average molecular weight is 369 g/mol. The van der Waals surface area contributed by atoms with Crippen molar-refractivity contribution < 1.29 is 4.79 Å². The molecule has 1 fully saturated rings. The van der Waals surface area contributed by atoms with Crippen LogP contribution in [0.15, 0.2) is 29.2 Å². The first-order chi connectivity index (χ1) is 13.0. The summed E-state index contributed by atoms with van der Waals surface area (Å²) in [7, 11) is 1.47. The number of nitrogens with two attached hydrogens (primary N) is 1. The Morgan fingerprint density at radius 1 is 1.44 bits per heavy atom. The van der Waals surface area contributed by atoms with Crippen molar-refractivity contribution in [3.05, 3.63) is 29.9 Å². The fraction of sp³-hybridized carbons (Fsp3) is 0.412. The summed E-state index contributed by atoms with van der Waals surface area (Å²) < 4.78 is 0. The maximum atomic E-state index is 11.9. The van der Waals surface area contributed by atoms with Crippen molar-refractivity contribution in [3.8, 4) is 6.07 Å². The minimum Gasteiger partial charge on any atom is -0.384 e. The summed E-state index contributed by atoms with van der Waals surface area (Å²) in [5.74, 6) is -0.226. The molecular weight excluding hydrogens is 346 g/mol. The van der Waals surface area contributed by atoms with E-state index in [9.17, 15) is 4.79 Å². The number of hydrogen-bond donors (Lipinski definition) is 5. The molecule has 0 bridgehead atoms. The van der Waals surface area contributed by atoms with Gasteiger partial charge in [-0.3, -0.25) is 10.2 Å². The zero-order valence-corrected chi connectivity index (χ0v) is 15.1. The fourth-order valence-electron chi connectivity index (χ4n) is 2.57.